The summed E-state index contributed by atoms with van der Waals surface area (Å²) >= 11 is 0. The van der Waals surface area contributed by atoms with Crippen molar-refractivity contribution in [1.29, 1.82) is 0 Å². The minimum Gasteiger partial charge on any atom is -0.355 e. The Morgan fingerprint density at radius 3 is 2.79 bits per heavy atom. The van der Waals surface area contributed by atoms with Crippen molar-refractivity contribution in [3.05, 3.63) is 0 Å². The number of amides is 1. The molecule has 14 heavy (non-hydrogen) atoms. The minimum absolute atomic E-state index is 0.116. The van der Waals surface area contributed by atoms with Gasteiger partial charge in [-0.15, -0.1) is 0 Å². The molecule has 0 aromatic heterocycles. The summed E-state index contributed by atoms with van der Waals surface area (Å²) in [6, 6.07) is 0.517. The first-order valence-electron chi connectivity index (χ1n) is 5.53. The van der Waals surface area contributed by atoms with E-state index in [9.17, 15) is 4.79 Å². The predicted octanol–water partition coefficient (Wildman–Crippen LogP) is -0.146. The summed E-state index contributed by atoms with van der Waals surface area (Å²) in [5.41, 5.74) is 0. The number of hydrogen-bond acceptors (Lipinski definition) is 3. The van der Waals surface area contributed by atoms with Gasteiger partial charge in [-0.1, -0.05) is 6.92 Å². The van der Waals surface area contributed by atoms with E-state index in [0.717, 1.165) is 38.9 Å². The topological polar surface area (TPSA) is 53.2 Å². The van der Waals surface area contributed by atoms with Gasteiger partial charge in [0, 0.05) is 12.6 Å². The third-order valence-electron chi connectivity index (χ3n) is 2.46. The van der Waals surface area contributed by atoms with Gasteiger partial charge in [0.15, 0.2) is 0 Å². The fourth-order valence-corrected chi connectivity index (χ4v) is 1.59. The molecule has 4 nitrogen and oxygen atoms in total. The van der Waals surface area contributed by atoms with Crippen LogP contribution in [0.5, 0.6) is 0 Å². The molecule has 0 aromatic carbocycles. The largest absolute Gasteiger partial charge is 0.355 e. The van der Waals surface area contributed by atoms with Crippen LogP contribution in [0.2, 0.25) is 0 Å². The van der Waals surface area contributed by atoms with Crippen LogP contribution in [0.25, 0.3) is 0 Å². The van der Waals surface area contributed by atoms with E-state index in [-0.39, 0.29) is 5.91 Å². The van der Waals surface area contributed by atoms with E-state index in [2.05, 4.69) is 22.9 Å². The lowest BCUT2D eigenvalue weighted by atomic mass is 10.1. The number of carbonyl (C=O) groups is 1. The van der Waals surface area contributed by atoms with Crippen molar-refractivity contribution in [1.82, 2.24) is 16.0 Å². The highest BCUT2D eigenvalue weighted by molar-refractivity contribution is 5.77. The number of nitrogens with one attached hydrogen (secondary N) is 3. The van der Waals surface area contributed by atoms with Crippen LogP contribution in [0.4, 0.5) is 0 Å². The van der Waals surface area contributed by atoms with Crippen molar-refractivity contribution in [2.45, 2.75) is 32.2 Å². The SMILES string of the molecule is CCCNC(=O)CNC1CCNCC1. The summed E-state index contributed by atoms with van der Waals surface area (Å²) in [6.07, 6.45) is 3.25. The summed E-state index contributed by atoms with van der Waals surface area (Å²) in [5, 5.41) is 9.43. The van der Waals surface area contributed by atoms with Crippen molar-refractivity contribution in [3.8, 4) is 0 Å². The van der Waals surface area contributed by atoms with Crippen LogP contribution in [0.1, 0.15) is 26.2 Å². The average molecular weight is 199 g/mol. The molecule has 0 radical (unpaired) electrons. The first kappa shape index (κ1) is 11.5. The maximum absolute atomic E-state index is 11.3. The molecule has 1 rings (SSSR count). The second-order valence-corrected chi connectivity index (χ2v) is 3.76. The molecule has 0 aliphatic carbocycles. The molecule has 0 saturated carbocycles. The Balaban J connectivity index is 2.03. The first-order chi connectivity index (χ1) is 6.83. The van der Waals surface area contributed by atoms with Crippen molar-refractivity contribution >= 4 is 5.91 Å². The maximum Gasteiger partial charge on any atom is 0.233 e. The highest BCUT2D eigenvalue weighted by atomic mass is 16.1. The van der Waals surface area contributed by atoms with Gasteiger partial charge in [-0.2, -0.15) is 0 Å². The van der Waals surface area contributed by atoms with E-state index < -0.39 is 0 Å². The van der Waals surface area contributed by atoms with Crippen LogP contribution in [0.15, 0.2) is 0 Å². The van der Waals surface area contributed by atoms with Crippen LogP contribution in [0.3, 0.4) is 0 Å². The van der Waals surface area contributed by atoms with Gasteiger partial charge in [-0.05, 0) is 32.4 Å². The standard InChI is InChI=1S/C10H21N3O/c1-2-5-12-10(14)8-13-9-3-6-11-7-4-9/h9,11,13H,2-8H2,1H3,(H,12,14). The zero-order chi connectivity index (χ0) is 10.2. The first-order valence-corrected chi connectivity index (χ1v) is 5.53. The lowest BCUT2D eigenvalue weighted by molar-refractivity contribution is -0.120. The van der Waals surface area contributed by atoms with Crippen molar-refractivity contribution in [3.63, 3.8) is 0 Å². The van der Waals surface area contributed by atoms with Crippen LogP contribution < -0.4 is 16.0 Å². The van der Waals surface area contributed by atoms with E-state index in [1.54, 1.807) is 0 Å². The van der Waals surface area contributed by atoms with E-state index in [0.29, 0.717) is 12.6 Å². The fraction of sp³-hybridized carbons (Fsp3) is 0.900. The van der Waals surface area contributed by atoms with Gasteiger partial charge < -0.3 is 16.0 Å². The Kier molecular flexibility index (Phi) is 5.56. The molecular formula is C10H21N3O. The van der Waals surface area contributed by atoms with Crippen LogP contribution in [-0.2, 0) is 4.79 Å². The third kappa shape index (κ3) is 4.58. The summed E-state index contributed by atoms with van der Waals surface area (Å²) < 4.78 is 0. The second kappa shape index (κ2) is 6.79. The molecule has 0 atom stereocenters. The number of piperidine rings is 1. The molecule has 82 valence electrons. The molecule has 0 spiro atoms. The summed E-state index contributed by atoms with van der Waals surface area (Å²) in [6.45, 7) is 5.43. The van der Waals surface area contributed by atoms with Crippen molar-refractivity contribution in [2.75, 3.05) is 26.2 Å². The third-order valence-corrected chi connectivity index (χ3v) is 2.46. The van der Waals surface area contributed by atoms with Gasteiger partial charge in [0.25, 0.3) is 0 Å². The summed E-state index contributed by atoms with van der Waals surface area (Å²) in [4.78, 5) is 11.3. The van der Waals surface area contributed by atoms with Gasteiger partial charge in [0.1, 0.15) is 0 Å². The molecule has 0 aromatic rings. The molecule has 0 unspecified atom stereocenters. The fourth-order valence-electron chi connectivity index (χ4n) is 1.59. The lowest BCUT2D eigenvalue weighted by Gasteiger charge is -2.23. The number of hydrogen-bond donors (Lipinski definition) is 3. The molecule has 1 amide bonds. The second-order valence-electron chi connectivity index (χ2n) is 3.76. The Hall–Kier alpha value is -0.610. The summed E-state index contributed by atoms with van der Waals surface area (Å²) in [5.74, 6) is 0.116. The van der Waals surface area contributed by atoms with Gasteiger partial charge in [-0.3, -0.25) is 4.79 Å². The highest BCUT2D eigenvalue weighted by Gasteiger charge is 2.12. The van der Waals surface area contributed by atoms with Gasteiger partial charge in [0.05, 0.1) is 6.54 Å². The molecule has 1 saturated heterocycles. The molecule has 1 heterocycles. The Bertz CT molecular complexity index is 167. The maximum atomic E-state index is 11.3. The summed E-state index contributed by atoms with van der Waals surface area (Å²) in [7, 11) is 0. The average Bonchev–Trinajstić information content (AvgIpc) is 2.25. The van der Waals surface area contributed by atoms with E-state index in [1.165, 1.54) is 0 Å². The normalized spacial score (nSPS) is 18.1. The Morgan fingerprint density at radius 1 is 1.43 bits per heavy atom. The molecule has 4 heteroatoms. The monoisotopic (exact) mass is 199 g/mol. The van der Waals surface area contributed by atoms with Gasteiger partial charge >= 0.3 is 0 Å². The molecule has 1 fully saturated rings. The quantitative estimate of drug-likeness (QED) is 0.577. The van der Waals surface area contributed by atoms with E-state index in [1.807, 2.05) is 0 Å². The van der Waals surface area contributed by atoms with Crippen molar-refractivity contribution in [2.24, 2.45) is 0 Å². The smallest absolute Gasteiger partial charge is 0.233 e. The van der Waals surface area contributed by atoms with Crippen molar-refractivity contribution < 1.29 is 4.79 Å². The zero-order valence-electron chi connectivity index (χ0n) is 8.94. The zero-order valence-corrected chi connectivity index (χ0v) is 8.94. The predicted molar refractivity (Wildman–Crippen MR) is 57.2 cm³/mol. The van der Waals surface area contributed by atoms with E-state index in [4.69, 9.17) is 0 Å². The van der Waals surface area contributed by atoms with Crippen LogP contribution in [-0.4, -0.2) is 38.1 Å². The van der Waals surface area contributed by atoms with Gasteiger partial charge in [-0.25, -0.2) is 0 Å². The Labute approximate surface area is 85.8 Å². The molecule has 1 aliphatic rings. The molecule has 1 aliphatic heterocycles. The molecular weight excluding hydrogens is 178 g/mol. The molecule has 0 bridgehead atoms. The number of rotatable bonds is 5. The van der Waals surface area contributed by atoms with Crippen LogP contribution >= 0.6 is 0 Å². The van der Waals surface area contributed by atoms with Gasteiger partial charge in [0.2, 0.25) is 5.91 Å². The Morgan fingerprint density at radius 2 is 2.14 bits per heavy atom. The lowest BCUT2D eigenvalue weighted by Crippen LogP contribution is -2.44. The minimum atomic E-state index is 0.116. The number of carbonyl (C=O) groups excluding carboxylic acids is 1. The molecule has 3 N–H and O–H groups in total. The highest BCUT2D eigenvalue weighted by Crippen LogP contribution is 2.00. The van der Waals surface area contributed by atoms with Crippen LogP contribution in [0, 0.1) is 0 Å². The van der Waals surface area contributed by atoms with E-state index >= 15 is 0 Å².